The molecule has 0 aliphatic heterocycles. The molecular formula is C25H26FN3O5. The summed E-state index contributed by atoms with van der Waals surface area (Å²) >= 11 is 0. The second-order valence-corrected chi connectivity index (χ2v) is 7.97. The molecule has 8 nitrogen and oxygen atoms in total. The smallest absolute Gasteiger partial charge is 0.325 e. The van der Waals surface area contributed by atoms with Crippen molar-refractivity contribution in [1.29, 1.82) is 0 Å². The van der Waals surface area contributed by atoms with Gasteiger partial charge in [-0.25, -0.2) is 9.07 Å². The number of hydrogen-bond donors (Lipinski definition) is 0. The first kappa shape index (κ1) is 23.3. The van der Waals surface area contributed by atoms with E-state index in [1.165, 1.54) is 24.1 Å². The number of halogens is 1. The molecule has 2 aromatic carbocycles. The van der Waals surface area contributed by atoms with Gasteiger partial charge in [-0.1, -0.05) is 0 Å². The molecule has 1 aliphatic rings. The number of carbonyl (C=O) groups excluding carboxylic acids is 2. The number of nitrogens with zero attached hydrogens (tertiary/aromatic N) is 3. The molecule has 0 N–H and O–H groups in total. The molecule has 0 saturated carbocycles. The zero-order chi connectivity index (χ0) is 24.2. The van der Waals surface area contributed by atoms with E-state index < -0.39 is 5.97 Å². The summed E-state index contributed by atoms with van der Waals surface area (Å²) < 4.78 is 30.6. The highest BCUT2D eigenvalue weighted by atomic mass is 19.1. The van der Waals surface area contributed by atoms with Crippen molar-refractivity contribution in [1.82, 2.24) is 14.7 Å². The molecule has 3 aromatic rings. The third-order valence-corrected chi connectivity index (χ3v) is 5.82. The van der Waals surface area contributed by atoms with Gasteiger partial charge in [0.1, 0.15) is 23.9 Å². The molecule has 0 saturated heterocycles. The average molecular weight is 467 g/mol. The quantitative estimate of drug-likeness (QED) is 0.473. The summed E-state index contributed by atoms with van der Waals surface area (Å²) in [5.41, 5.74) is 3.47. The Balaban J connectivity index is 1.71. The number of fused-ring (bicyclic) bond motifs is 1. The number of aromatic nitrogens is 2. The number of esters is 1. The standard InChI is InChI=1S/C25H26FN3O5/c1-32-19-11-16(12-20(13-19)33-2)14-28(15-23(30)34-3)25(31)24-21-5-4-6-22(21)29(27-24)18-9-7-17(26)8-10-18/h7-13H,4-6,14-15H2,1-3H3. The van der Waals surface area contributed by atoms with Gasteiger partial charge in [0.2, 0.25) is 0 Å². The number of ether oxygens (including phenoxy) is 3. The lowest BCUT2D eigenvalue weighted by atomic mass is 10.1. The average Bonchev–Trinajstić information content (AvgIpc) is 3.46. The largest absolute Gasteiger partial charge is 0.497 e. The van der Waals surface area contributed by atoms with Crippen LogP contribution in [0.4, 0.5) is 4.39 Å². The molecule has 0 unspecified atom stereocenters. The van der Waals surface area contributed by atoms with Crippen LogP contribution in [0.3, 0.4) is 0 Å². The van der Waals surface area contributed by atoms with E-state index in [-0.39, 0.29) is 30.5 Å². The van der Waals surface area contributed by atoms with Crippen LogP contribution in [0.2, 0.25) is 0 Å². The SMILES string of the molecule is COC(=O)CN(Cc1cc(OC)cc(OC)c1)C(=O)c1nn(-c2ccc(F)cc2)c2c1CCC2. The fraction of sp³-hybridized carbons (Fsp3) is 0.320. The minimum Gasteiger partial charge on any atom is -0.497 e. The predicted molar refractivity (Wildman–Crippen MR) is 122 cm³/mol. The van der Waals surface area contributed by atoms with E-state index in [4.69, 9.17) is 14.2 Å². The lowest BCUT2D eigenvalue weighted by molar-refractivity contribution is -0.141. The van der Waals surface area contributed by atoms with Crippen molar-refractivity contribution in [2.24, 2.45) is 0 Å². The molecule has 0 fully saturated rings. The third kappa shape index (κ3) is 4.73. The summed E-state index contributed by atoms with van der Waals surface area (Å²) in [6.07, 6.45) is 2.35. The Morgan fingerprint density at radius 3 is 2.32 bits per heavy atom. The fourth-order valence-electron chi connectivity index (χ4n) is 4.15. The number of methoxy groups -OCH3 is 3. The van der Waals surface area contributed by atoms with Crippen LogP contribution in [0.25, 0.3) is 5.69 Å². The predicted octanol–water partition coefficient (Wildman–Crippen LogP) is 3.33. The van der Waals surface area contributed by atoms with Gasteiger partial charge in [0.05, 0.1) is 27.0 Å². The molecule has 0 bridgehead atoms. The van der Waals surface area contributed by atoms with Gasteiger partial charge in [0, 0.05) is 23.9 Å². The van der Waals surface area contributed by atoms with Crippen molar-refractivity contribution < 1.29 is 28.2 Å². The Morgan fingerprint density at radius 2 is 1.71 bits per heavy atom. The zero-order valence-corrected chi connectivity index (χ0v) is 19.3. The Morgan fingerprint density at radius 1 is 1.03 bits per heavy atom. The zero-order valence-electron chi connectivity index (χ0n) is 19.3. The first-order valence-corrected chi connectivity index (χ1v) is 10.9. The Kier molecular flexibility index (Phi) is 6.81. The van der Waals surface area contributed by atoms with Gasteiger partial charge in [-0.2, -0.15) is 5.10 Å². The Labute approximate surface area is 196 Å². The Bertz CT molecular complexity index is 1180. The molecule has 1 heterocycles. The summed E-state index contributed by atoms with van der Waals surface area (Å²) in [6.45, 7) is -0.118. The van der Waals surface area contributed by atoms with Crippen LogP contribution in [0, 0.1) is 5.82 Å². The van der Waals surface area contributed by atoms with Crippen molar-refractivity contribution >= 4 is 11.9 Å². The van der Waals surface area contributed by atoms with Crippen LogP contribution >= 0.6 is 0 Å². The van der Waals surface area contributed by atoms with Gasteiger partial charge < -0.3 is 19.1 Å². The lowest BCUT2D eigenvalue weighted by Crippen LogP contribution is -2.36. The van der Waals surface area contributed by atoms with Crippen molar-refractivity contribution in [3.05, 3.63) is 70.8 Å². The monoisotopic (exact) mass is 467 g/mol. The molecule has 0 spiro atoms. The van der Waals surface area contributed by atoms with Gasteiger partial charge in [0.25, 0.3) is 5.91 Å². The molecule has 0 atom stereocenters. The minimum absolute atomic E-state index is 0.125. The first-order valence-electron chi connectivity index (χ1n) is 10.9. The third-order valence-electron chi connectivity index (χ3n) is 5.82. The van der Waals surface area contributed by atoms with Crippen LogP contribution in [0.5, 0.6) is 11.5 Å². The topological polar surface area (TPSA) is 82.9 Å². The van der Waals surface area contributed by atoms with Crippen LogP contribution in [-0.4, -0.2) is 54.4 Å². The van der Waals surface area contributed by atoms with Crippen LogP contribution in [0.1, 0.15) is 33.7 Å². The van der Waals surface area contributed by atoms with Crippen molar-refractivity contribution in [2.75, 3.05) is 27.9 Å². The van der Waals surface area contributed by atoms with E-state index in [0.29, 0.717) is 23.6 Å². The van der Waals surface area contributed by atoms with Gasteiger partial charge in [-0.15, -0.1) is 0 Å². The second-order valence-electron chi connectivity index (χ2n) is 7.97. The van der Waals surface area contributed by atoms with E-state index in [1.807, 2.05) is 0 Å². The highest BCUT2D eigenvalue weighted by molar-refractivity contribution is 5.96. The van der Waals surface area contributed by atoms with Crippen molar-refractivity contribution in [2.45, 2.75) is 25.8 Å². The Hall–Kier alpha value is -3.88. The summed E-state index contributed by atoms with van der Waals surface area (Å²) in [4.78, 5) is 27.2. The highest BCUT2D eigenvalue weighted by Crippen LogP contribution is 2.30. The molecule has 1 amide bonds. The summed E-state index contributed by atoms with van der Waals surface area (Å²) in [7, 11) is 4.36. The van der Waals surface area contributed by atoms with Gasteiger partial charge >= 0.3 is 5.97 Å². The van der Waals surface area contributed by atoms with E-state index in [1.54, 1.807) is 49.2 Å². The van der Waals surface area contributed by atoms with Crippen molar-refractivity contribution in [3.8, 4) is 17.2 Å². The van der Waals surface area contributed by atoms with Gasteiger partial charge in [0.15, 0.2) is 5.69 Å². The van der Waals surface area contributed by atoms with Gasteiger partial charge in [-0.3, -0.25) is 9.59 Å². The van der Waals surface area contributed by atoms with Crippen LogP contribution < -0.4 is 9.47 Å². The molecular weight excluding hydrogens is 441 g/mol. The lowest BCUT2D eigenvalue weighted by Gasteiger charge is -2.22. The van der Waals surface area contributed by atoms with Crippen LogP contribution in [-0.2, 0) is 28.9 Å². The number of benzene rings is 2. The molecule has 34 heavy (non-hydrogen) atoms. The molecule has 0 radical (unpaired) electrons. The molecule has 4 rings (SSSR count). The normalized spacial score (nSPS) is 12.2. The number of amides is 1. The van der Waals surface area contributed by atoms with E-state index >= 15 is 0 Å². The summed E-state index contributed by atoms with van der Waals surface area (Å²) in [5.74, 6) is -0.131. The molecule has 9 heteroatoms. The summed E-state index contributed by atoms with van der Waals surface area (Å²) in [6, 6.07) is 11.3. The molecule has 1 aromatic heterocycles. The van der Waals surface area contributed by atoms with Gasteiger partial charge in [-0.05, 0) is 61.2 Å². The number of carbonyl (C=O) groups is 2. The van der Waals surface area contributed by atoms with Crippen LogP contribution in [0.15, 0.2) is 42.5 Å². The maximum Gasteiger partial charge on any atom is 0.325 e. The molecule has 1 aliphatic carbocycles. The first-order chi connectivity index (χ1) is 16.4. The van der Waals surface area contributed by atoms with E-state index in [9.17, 15) is 14.0 Å². The second kappa shape index (κ2) is 9.94. The summed E-state index contributed by atoms with van der Waals surface area (Å²) in [5, 5.41) is 4.60. The number of hydrogen-bond acceptors (Lipinski definition) is 6. The fourth-order valence-corrected chi connectivity index (χ4v) is 4.15. The molecule has 178 valence electrons. The van der Waals surface area contributed by atoms with E-state index in [0.717, 1.165) is 29.7 Å². The highest BCUT2D eigenvalue weighted by Gasteiger charge is 2.31. The minimum atomic E-state index is -0.544. The van der Waals surface area contributed by atoms with Crippen molar-refractivity contribution in [3.63, 3.8) is 0 Å². The maximum atomic E-state index is 13.7. The van der Waals surface area contributed by atoms with E-state index in [2.05, 4.69) is 5.10 Å². The number of rotatable bonds is 8. The maximum absolute atomic E-state index is 13.7.